The highest BCUT2D eigenvalue weighted by Crippen LogP contribution is 2.39. The maximum atomic E-state index is 12.8. The average Bonchev–Trinajstić information content (AvgIpc) is 3.36. The summed E-state index contributed by atoms with van der Waals surface area (Å²) in [5, 5.41) is 6.39. The minimum Gasteiger partial charge on any atom is -0.454 e. The summed E-state index contributed by atoms with van der Waals surface area (Å²) in [6.45, 7) is 1.36. The number of aliphatic imine (C=N–C) groups is 1. The van der Waals surface area contributed by atoms with Crippen LogP contribution in [0, 0.1) is 0 Å². The second-order valence-electron chi connectivity index (χ2n) is 6.94. The first kappa shape index (κ1) is 21.4. The largest absolute Gasteiger partial charge is 0.454 e. The Hall–Kier alpha value is -2.29. The highest BCUT2D eigenvalue weighted by atomic mass is 19.3. The monoisotopic (exact) mass is 413 g/mol. The zero-order chi connectivity index (χ0) is 20.5. The first-order valence-corrected chi connectivity index (χ1v) is 10.2. The summed E-state index contributed by atoms with van der Waals surface area (Å²) in [6, 6.07) is 3.04. The van der Waals surface area contributed by atoms with Gasteiger partial charge in [0.25, 0.3) is 0 Å². The third-order valence-electron chi connectivity index (χ3n) is 4.79. The molecule has 1 aliphatic carbocycles. The van der Waals surface area contributed by atoms with Gasteiger partial charge in [-0.05, 0) is 32.3 Å². The Balaban J connectivity index is 1.54. The van der Waals surface area contributed by atoms with Crippen molar-refractivity contribution >= 4 is 5.96 Å². The summed E-state index contributed by atoms with van der Waals surface area (Å²) in [5.74, 6) is 1.53. The van der Waals surface area contributed by atoms with Gasteiger partial charge in [-0.15, -0.1) is 0 Å². The van der Waals surface area contributed by atoms with Crippen LogP contribution in [0.15, 0.2) is 17.1 Å². The van der Waals surface area contributed by atoms with Gasteiger partial charge in [0, 0.05) is 31.3 Å². The van der Waals surface area contributed by atoms with Crippen LogP contribution in [-0.4, -0.2) is 45.2 Å². The van der Waals surface area contributed by atoms with Gasteiger partial charge in [-0.2, -0.15) is 8.78 Å². The van der Waals surface area contributed by atoms with Crippen LogP contribution < -0.4 is 24.8 Å². The SMILES string of the molecule is CCNC(=NCc1cc2c(cc1OC(F)F)OCO2)NCCCOC1CCCC1. The quantitative estimate of drug-likeness (QED) is 0.348. The van der Waals surface area contributed by atoms with E-state index in [1.165, 1.54) is 18.9 Å². The lowest BCUT2D eigenvalue weighted by Crippen LogP contribution is -2.38. The lowest BCUT2D eigenvalue weighted by Gasteiger charge is -2.14. The molecular formula is C20H29F2N3O4. The van der Waals surface area contributed by atoms with Crippen LogP contribution in [-0.2, 0) is 11.3 Å². The Kier molecular flexibility index (Phi) is 8.15. The van der Waals surface area contributed by atoms with E-state index < -0.39 is 6.61 Å². The van der Waals surface area contributed by atoms with Crippen molar-refractivity contribution in [1.82, 2.24) is 10.6 Å². The van der Waals surface area contributed by atoms with Crippen molar-refractivity contribution in [3.05, 3.63) is 17.7 Å². The van der Waals surface area contributed by atoms with Gasteiger partial charge >= 0.3 is 6.61 Å². The number of benzene rings is 1. The molecule has 0 saturated heterocycles. The number of fused-ring (bicyclic) bond motifs is 1. The Bertz CT molecular complexity index is 682. The van der Waals surface area contributed by atoms with E-state index in [0.29, 0.717) is 48.8 Å². The third-order valence-corrected chi connectivity index (χ3v) is 4.79. The number of guanidine groups is 1. The molecule has 1 aliphatic heterocycles. The maximum absolute atomic E-state index is 12.8. The van der Waals surface area contributed by atoms with Gasteiger partial charge in [-0.1, -0.05) is 12.8 Å². The molecule has 0 unspecified atom stereocenters. The first-order chi connectivity index (χ1) is 14.2. The number of nitrogens with one attached hydrogen (secondary N) is 2. The minimum atomic E-state index is -2.93. The van der Waals surface area contributed by atoms with E-state index in [1.807, 2.05) is 6.92 Å². The molecule has 29 heavy (non-hydrogen) atoms. The van der Waals surface area contributed by atoms with Crippen LogP contribution in [0.2, 0.25) is 0 Å². The Labute approximate surface area is 169 Å². The van der Waals surface area contributed by atoms with Crippen molar-refractivity contribution in [1.29, 1.82) is 0 Å². The van der Waals surface area contributed by atoms with E-state index in [0.717, 1.165) is 19.3 Å². The maximum Gasteiger partial charge on any atom is 0.387 e. The minimum absolute atomic E-state index is 0.0359. The first-order valence-electron chi connectivity index (χ1n) is 10.2. The molecule has 0 spiro atoms. The van der Waals surface area contributed by atoms with E-state index in [-0.39, 0.29) is 19.1 Å². The third kappa shape index (κ3) is 6.62. The van der Waals surface area contributed by atoms with Crippen molar-refractivity contribution in [3.63, 3.8) is 0 Å². The van der Waals surface area contributed by atoms with Crippen molar-refractivity contribution < 1.29 is 27.7 Å². The highest BCUT2D eigenvalue weighted by molar-refractivity contribution is 5.79. The number of nitrogens with zero attached hydrogens (tertiary/aromatic N) is 1. The predicted octanol–water partition coefficient (Wildman–Crippen LogP) is 3.42. The smallest absolute Gasteiger partial charge is 0.387 e. The lowest BCUT2D eigenvalue weighted by atomic mass is 10.1. The molecule has 2 aliphatic rings. The fourth-order valence-corrected chi connectivity index (χ4v) is 3.38. The van der Waals surface area contributed by atoms with Gasteiger partial charge in [0.1, 0.15) is 5.75 Å². The van der Waals surface area contributed by atoms with Crippen LogP contribution in [0.1, 0.15) is 44.6 Å². The molecule has 1 heterocycles. The summed E-state index contributed by atoms with van der Waals surface area (Å²) >= 11 is 0. The summed E-state index contributed by atoms with van der Waals surface area (Å²) < 4.78 is 46.6. The van der Waals surface area contributed by atoms with Crippen molar-refractivity contribution in [2.75, 3.05) is 26.5 Å². The van der Waals surface area contributed by atoms with Crippen LogP contribution in [0.4, 0.5) is 8.78 Å². The van der Waals surface area contributed by atoms with Gasteiger partial charge < -0.3 is 29.6 Å². The predicted molar refractivity (Wildman–Crippen MR) is 105 cm³/mol. The molecule has 0 radical (unpaired) electrons. The van der Waals surface area contributed by atoms with Gasteiger partial charge in [-0.25, -0.2) is 4.99 Å². The summed E-state index contributed by atoms with van der Waals surface area (Å²) in [6.07, 6.45) is 6.13. The van der Waals surface area contributed by atoms with Crippen LogP contribution >= 0.6 is 0 Å². The fourth-order valence-electron chi connectivity index (χ4n) is 3.38. The van der Waals surface area contributed by atoms with E-state index in [2.05, 4.69) is 20.4 Å². The molecule has 9 heteroatoms. The molecule has 0 bridgehead atoms. The van der Waals surface area contributed by atoms with Crippen molar-refractivity contribution in [2.24, 2.45) is 4.99 Å². The molecule has 1 aromatic carbocycles. The average molecular weight is 413 g/mol. The van der Waals surface area contributed by atoms with Crippen LogP contribution in [0.3, 0.4) is 0 Å². The van der Waals surface area contributed by atoms with Gasteiger partial charge in [0.2, 0.25) is 6.79 Å². The molecule has 2 N–H and O–H groups in total. The van der Waals surface area contributed by atoms with Gasteiger partial charge in [0.15, 0.2) is 17.5 Å². The summed E-state index contributed by atoms with van der Waals surface area (Å²) in [5.41, 5.74) is 0.497. The van der Waals surface area contributed by atoms with Gasteiger partial charge in [0.05, 0.1) is 12.6 Å². The fraction of sp³-hybridized carbons (Fsp3) is 0.650. The van der Waals surface area contributed by atoms with E-state index in [1.54, 1.807) is 6.07 Å². The number of rotatable bonds is 10. The normalized spacial score (nSPS) is 16.5. The van der Waals surface area contributed by atoms with Crippen LogP contribution in [0.5, 0.6) is 17.2 Å². The van der Waals surface area contributed by atoms with Crippen molar-refractivity contribution in [3.8, 4) is 17.2 Å². The summed E-state index contributed by atoms with van der Waals surface area (Å²) in [7, 11) is 0. The number of ether oxygens (including phenoxy) is 4. The molecule has 1 aromatic rings. The molecule has 162 valence electrons. The molecule has 0 atom stereocenters. The van der Waals surface area contributed by atoms with Crippen LogP contribution in [0.25, 0.3) is 0 Å². The molecule has 7 nitrogen and oxygen atoms in total. The molecule has 0 aromatic heterocycles. The number of hydrogen-bond acceptors (Lipinski definition) is 5. The Morgan fingerprint density at radius 3 is 2.69 bits per heavy atom. The second-order valence-corrected chi connectivity index (χ2v) is 6.94. The lowest BCUT2D eigenvalue weighted by molar-refractivity contribution is -0.0505. The highest BCUT2D eigenvalue weighted by Gasteiger charge is 2.20. The van der Waals surface area contributed by atoms with Crippen molar-refractivity contribution in [2.45, 2.75) is 58.3 Å². The molecule has 0 amide bonds. The number of halogens is 2. The molecule has 1 fully saturated rings. The van der Waals surface area contributed by atoms with E-state index in [4.69, 9.17) is 14.2 Å². The zero-order valence-corrected chi connectivity index (χ0v) is 16.7. The Morgan fingerprint density at radius 1 is 1.21 bits per heavy atom. The van der Waals surface area contributed by atoms with Gasteiger partial charge in [-0.3, -0.25) is 0 Å². The molecular weight excluding hydrogens is 384 g/mol. The van der Waals surface area contributed by atoms with E-state index in [9.17, 15) is 8.78 Å². The number of alkyl halides is 2. The Morgan fingerprint density at radius 2 is 1.97 bits per heavy atom. The second kappa shape index (κ2) is 11.0. The zero-order valence-electron chi connectivity index (χ0n) is 16.7. The standard InChI is InChI=1S/C20H29F2N3O4/c1-2-23-20(24-8-5-9-26-15-6-3-4-7-15)25-12-14-10-17-18(28-13-27-17)11-16(14)29-19(21)22/h10-11,15,19H,2-9,12-13H2,1H3,(H2,23,24,25). The topological polar surface area (TPSA) is 73.3 Å². The molecule has 1 saturated carbocycles. The number of hydrogen-bond donors (Lipinski definition) is 2. The summed E-state index contributed by atoms with van der Waals surface area (Å²) in [4.78, 5) is 4.48. The van der Waals surface area contributed by atoms with E-state index >= 15 is 0 Å². The molecule has 3 rings (SSSR count).